The Morgan fingerprint density at radius 1 is 1.00 bits per heavy atom. The minimum absolute atomic E-state index is 0.0955. The maximum absolute atomic E-state index is 9.33. The summed E-state index contributed by atoms with van der Waals surface area (Å²) in [6, 6.07) is 0. The fourth-order valence-electron chi connectivity index (χ4n) is 1.60. The van der Waals surface area contributed by atoms with Crippen molar-refractivity contribution in [3.63, 3.8) is 0 Å². The fourth-order valence-corrected chi connectivity index (χ4v) is 1.60. The molecule has 1 nitrogen and oxygen atoms in total. The lowest BCUT2D eigenvalue weighted by Gasteiger charge is -2.11. The van der Waals surface area contributed by atoms with E-state index in [1.165, 1.54) is 19.3 Å². The van der Waals surface area contributed by atoms with Crippen LogP contribution in [0.4, 0.5) is 0 Å². The molecule has 14 heavy (non-hydrogen) atoms. The van der Waals surface area contributed by atoms with E-state index in [9.17, 15) is 5.11 Å². The minimum Gasteiger partial charge on any atom is -0.393 e. The monoisotopic (exact) mass is 196 g/mol. The smallest absolute Gasteiger partial charge is 0.0699 e. The summed E-state index contributed by atoms with van der Waals surface area (Å²) in [6.07, 6.45) is 8.78. The molecule has 0 aromatic heterocycles. The molecule has 0 spiro atoms. The Bertz CT molecular complexity index is 117. The van der Waals surface area contributed by atoms with Crippen LogP contribution >= 0.6 is 0 Å². The number of aliphatic hydroxyl groups is 1. The highest BCUT2D eigenvalue weighted by molar-refractivity contribution is 6.11. The molecule has 2 atom stereocenters. The first kappa shape index (κ1) is 14.0. The highest BCUT2D eigenvalue weighted by atomic mass is 16.3. The van der Waals surface area contributed by atoms with Crippen LogP contribution in [0, 0.1) is 0 Å². The topological polar surface area (TPSA) is 20.2 Å². The van der Waals surface area contributed by atoms with E-state index in [0.717, 1.165) is 32.1 Å². The van der Waals surface area contributed by atoms with Crippen molar-refractivity contribution in [3.8, 4) is 0 Å². The number of hydrogen-bond donors (Lipinski definition) is 1. The molecule has 2 heteroatoms. The van der Waals surface area contributed by atoms with Gasteiger partial charge in [-0.05, 0) is 12.8 Å². The van der Waals surface area contributed by atoms with Crippen LogP contribution < -0.4 is 0 Å². The zero-order valence-corrected chi connectivity index (χ0v) is 9.84. The van der Waals surface area contributed by atoms with Crippen LogP contribution in [0.5, 0.6) is 0 Å². The summed E-state index contributed by atoms with van der Waals surface area (Å²) in [5, 5.41) is 9.33. The van der Waals surface area contributed by atoms with Crippen LogP contribution in [0.1, 0.15) is 65.2 Å². The highest BCUT2D eigenvalue weighted by Crippen LogP contribution is 2.19. The third kappa shape index (κ3) is 8.62. The molecule has 0 saturated carbocycles. The molecule has 0 saturated heterocycles. The fraction of sp³-hybridized carbons (Fsp3) is 1.00. The van der Waals surface area contributed by atoms with E-state index in [4.69, 9.17) is 7.85 Å². The van der Waals surface area contributed by atoms with Gasteiger partial charge in [0.05, 0.1) is 14.0 Å². The van der Waals surface area contributed by atoms with E-state index >= 15 is 0 Å². The largest absolute Gasteiger partial charge is 0.393 e. The standard InChI is InChI=1S/C12H25BO/c1-3-5-8-11(13)9-6-7-10-12(14)4-2/h11-12,14H,3-10H2,1-2H3. The summed E-state index contributed by atoms with van der Waals surface area (Å²) in [7, 11) is 5.95. The summed E-state index contributed by atoms with van der Waals surface area (Å²) in [5.41, 5.74) is 0. The molecule has 0 aliphatic carbocycles. The molecule has 0 heterocycles. The van der Waals surface area contributed by atoms with E-state index < -0.39 is 0 Å². The van der Waals surface area contributed by atoms with Crippen molar-refractivity contribution < 1.29 is 5.11 Å². The molecule has 0 aromatic rings. The van der Waals surface area contributed by atoms with Gasteiger partial charge >= 0.3 is 0 Å². The Hall–Kier alpha value is 0.0249. The summed E-state index contributed by atoms with van der Waals surface area (Å²) in [5.74, 6) is 0.383. The van der Waals surface area contributed by atoms with Gasteiger partial charge in [0.25, 0.3) is 0 Å². The molecule has 0 aliphatic rings. The first-order valence-corrected chi connectivity index (χ1v) is 6.14. The summed E-state index contributed by atoms with van der Waals surface area (Å²) in [4.78, 5) is 0. The molecule has 2 radical (unpaired) electrons. The second kappa shape index (κ2) is 9.58. The Balaban J connectivity index is 3.18. The summed E-state index contributed by atoms with van der Waals surface area (Å²) in [6.45, 7) is 4.22. The zero-order chi connectivity index (χ0) is 10.8. The van der Waals surface area contributed by atoms with Gasteiger partial charge < -0.3 is 5.11 Å². The van der Waals surface area contributed by atoms with Gasteiger partial charge in [-0.25, -0.2) is 0 Å². The Kier molecular flexibility index (Phi) is 9.59. The predicted octanol–water partition coefficient (Wildman–Crippen LogP) is 3.46. The lowest BCUT2D eigenvalue weighted by atomic mass is 9.79. The average molecular weight is 196 g/mol. The zero-order valence-electron chi connectivity index (χ0n) is 9.84. The Morgan fingerprint density at radius 3 is 2.14 bits per heavy atom. The van der Waals surface area contributed by atoms with E-state index in [2.05, 4.69) is 6.92 Å². The lowest BCUT2D eigenvalue weighted by molar-refractivity contribution is 0.156. The van der Waals surface area contributed by atoms with Crippen molar-refractivity contribution >= 4 is 7.85 Å². The molecule has 0 aromatic carbocycles. The van der Waals surface area contributed by atoms with Crippen LogP contribution in [0.2, 0.25) is 5.82 Å². The quantitative estimate of drug-likeness (QED) is 0.442. The normalized spacial score (nSPS) is 15.4. The number of hydrogen-bond acceptors (Lipinski definition) is 1. The Morgan fingerprint density at radius 2 is 1.57 bits per heavy atom. The average Bonchev–Trinajstić information content (AvgIpc) is 2.21. The second-order valence-electron chi connectivity index (χ2n) is 4.25. The van der Waals surface area contributed by atoms with Crippen LogP contribution in [0.15, 0.2) is 0 Å². The second-order valence-corrected chi connectivity index (χ2v) is 4.25. The van der Waals surface area contributed by atoms with E-state index in [1.54, 1.807) is 0 Å². The van der Waals surface area contributed by atoms with E-state index in [0.29, 0.717) is 5.82 Å². The van der Waals surface area contributed by atoms with Gasteiger partial charge in [0.15, 0.2) is 0 Å². The molecule has 82 valence electrons. The van der Waals surface area contributed by atoms with Gasteiger partial charge in [0, 0.05) is 0 Å². The SMILES string of the molecule is [B]C(CCCC)CCCCC(O)CC. The third-order valence-electron chi connectivity index (χ3n) is 2.76. The molecular formula is C12H25BO. The van der Waals surface area contributed by atoms with Crippen molar-refractivity contribution in [2.75, 3.05) is 0 Å². The van der Waals surface area contributed by atoms with Crippen LogP contribution in [-0.2, 0) is 0 Å². The third-order valence-corrected chi connectivity index (χ3v) is 2.76. The number of rotatable bonds is 9. The van der Waals surface area contributed by atoms with Crippen LogP contribution in [0.3, 0.4) is 0 Å². The van der Waals surface area contributed by atoms with Crippen molar-refractivity contribution in [2.45, 2.75) is 77.1 Å². The maximum Gasteiger partial charge on any atom is 0.0699 e. The van der Waals surface area contributed by atoms with Gasteiger partial charge in [-0.1, -0.05) is 58.2 Å². The van der Waals surface area contributed by atoms with Crippen molar-refractivity contribution in [1.82, 2.24) is 0 Å². The molecule has 1 N–H and O–H groups in total. The number of aliphatic hydroxyl groups excluding tert-OH is 1. The lowest BCUT2D eigenvalue weighted by Crippen LogP contribution is -2.03. The van der Waals surface area contributed by atoms with Gasteiger partial charge in [0.1, 0.15) is 0 Å². The maximum atomic E-state index is 9.33. The molecule has 2 unspecified atom stereocenters. The Labute approximate surface area is 90.7 Å². The van der Waals surface area contributed by atoms with Gasteiger partial charge in [-0.15, -0.1) is 0 Å². The molecule has 0 amide bonds. The van der Waals surface area contributed by atoms with Gasteiger partial charge in [-0.3, -0.25) is 0 Å². The van der Waals surface area contributed by atoms with E-state index in [1.807, 2.05) is 6.92 Å². The summed E-state index contributed by atoms with van der Waals surface area (Å²) >= 11 is 0. The van der Waals surface area contributed by atoms with Crippen LogP contribution in [0.25, 0.3) is 0 Å². The van der Waals surface area contributed by atoms with Crippen molar-refractivity contribution in [2.24, 2.45) is 0 Å². The summed E-state index contributed by atoms with van der Waals surface area (Å²) < 4.78 is 0. The first-order chi connectivity index (χ1) is 6.70. The first-order valence-electron chi connectivity index (χ1n) is 6.14. The van der Waals surface area contributed by atoms with Crippen molar-refractivity contribution in [3.05, 3.63) is 0 Å². The molecule has 0 fully saturated rings. The predicted molar refractivity (Wildman–Crippen MR) is 63.8 cm³/mol. The molecule has 0 bridgehead atoms. The number of unbranched alkanes of at least 4 members (excludes halogenated alkanes) is 2. The molecule has 0 rings (SSSR count). The van der Waals surface area contributed by atoms with Crippen molar-refractivity contribution in [1.29, 1.82) is 0 Å². The van der Waals surface area contributed by atoms with E-state index in [-0.39, 0.29) is 6.10 Å². The van der Waals surface area contributed by atoms with Gasteiger partial charge in [0.2, 0.25) is 0 Å². The minimum atomic E-state index is -0.0955. The van der Waals surface area contributed by atoms with Crippen LogP contribution in [-0.4, -0.2) is 19.1 Å². The van der Waals surface area contributed by atoms with Gasteiger partial charge in [-0.2, -0.15) is 0 Å². The molecular weight excluding hydrogens is 171 g/mol. The molecule has 0 aliphatic heterocycles. The highest BCUT2D eigenvalue weighted by Gasteiger charge is 2.03.